The van der Waals surface area contributed by atoms with E-state index in [1.165, 1.54) is 0 Å². The molecule has 0 radical (unpaired) electrons. The van der Waals surface area contributed by atoms with Gasteiger partial charge in [-0.05, 0) is 44.5 Å². The van der Waals surface area contributed by atoms with Gasteiger partial charge in [-0.25, -0.2) is 4.98 Å². The van der Waals surface area contributed by atoms with Gasteiger partial charge in [0.1, 0.15) is 5.75 Å². The first kappa shape index (κ1) is 13.6. The highest BCUT2D eigenvalue weighted by atomic mass is 35.5. The number of aromatic nitrogens is 2. The predicted molar refractivity (Wildman–Crippen MR) is 77.2 cm³/mol. The lowest BCUT2D eigenvalue weighted by molar-refractivity contribution is 0.461. The van der Waals surface area contributed by atoms with Crippen molar-refractivity contribution in [3.05, 3.63) is 40.5 Å². The van der Waals surface area contributed by atoms with E-state index in [-0.39, 0.29) is 0 Å². The molecule has 0 aliphatic heterocycles. The Morgan fingerprint density at radius 1 is 1.21 bits per heavy atom. The Bertz CT molecular complexity index is 587. The van der Waals surface area contributed by atoms with E-state index in [1.807, 2.05) is 39.0 Å². The van der Waals surface area contributed by atoms with Crippen LogP contribution in [-0.4, -0.2) is 16.5 Å². The molecule has 5 heteroatoms. The number of nitrogens with one attached hydrogen (secondary N) is 1. The van der Waals surface area contributed by atoms with Crippen LogP contribution in [0.4, 0.5) is 5.95 Å². The molecule has 1 aromatic heterocycles. The number of aryl methyl sites for hydroxylation is 2. The number of hydrogen-bond donors (Lipinski definition) is 1. The summed E-state index contributed by atoms with van der Waals surface area (Å²) in [5, 5.41) is 3.79. The summed E-state index contributed by atoms with van der Waals surface area (Å²) in [5.74, 6) is 1.80. The first-order valence-corrected chi connectivity index (χ1v) is 6.50. The van der Waals surface area contributed by atoms with Crippen LogP contribution in [0.25, 0.3) is 0 Å². The number of hydrogen-bond acceptors (Lipinski definition) is 4. The molecule has 0 aliphatic carbocycles. The van der Waals surface area contributed by atoms with E-state index in [1.54, 1.807) is 6.07 Å². The van der Waals surface area contributed by atoms with Gasteiger partial charge in [0.15, 0.2) is 0 Å². The molecule has 2 rings (SSSR count). The number of rotatable bonds is 4. The van der Waals surface area contributed by atoms with Crippen molar-refractivity contribution >= 4 is 17.5 Å². The lowest BCUT2D eigenvalue weighted by Gasteiger charge is -2.09. The molecule has 0 amide bonds. The van der Waals surface area contributed by atoms with Crippen LogP contribution in [0.3, 0.4) is 0 Å². The predicted octanol–water partition coefficient (Wildman–Crippen LogP) is 3.97. The minimum atomic E-state index is 0.519. The lowest BCUT2D eigenvalue weighted by atomic mass is 10.2. The Kier molecular flexibility index (Phi) is 4.22. The highest BCUT2D eigenvalue weighted by Gasteiger charge is 2.05. The third-order valence-electron chi connectivity index (χ3n) is 2.52. The fourth-order valence-electron chi connectivity index (χ4n) is 1.63. The van der Waals surface area contributed by atoms with E-state index in [9.17, 15) is 0 Å². The van der Waals surface area contributed by atoms with Crippen molar-refractivity contribution in [2.24, 2.45) is 0 Å². The van der Waals surface area contributed by atoms with Crippen LogP contribution in [-0.2, 0) is 0 Å². The third-order valence-corrected chi connectivity index (χ3v) is 2.94. The van der Waals surface area contributed by atoms with Gasteiger partial charge in [-0.3, -0.25) is 0 Å². The highest BCUT2D eigenvalue weighted by molar-refractivity contribution is 6.31. The van der Waals surface area contributed by atoms with Gasteiger partial charge in [0, 0.05) is 23.3 Å². The Balaban J connectivity index is 2.24. The van der Waals surface area contributed by atoms with Crippen LogP contribution in [0.15, 0.2) is 24.3 Å². The minimum Gasteiger partial charge on any atom is -0.439 e. The monoisotopic (exact) mass is 277 g/mol. The highest BCUT2D eigenvalue weighted by Crippen LogP contribution is 2.25. The zero-order chi connectivity index (χ0) is 13.8. The van der Waals surface area contributed by atoms with Crippen molar-refractivity contribution in [3.63, 3.8) is 0 Å². The summed E-state index contributed by atoms with van der Waals surface area (Å²) in [6.07, 6.45) is 0. The molecule has 0 saturated heterocycles. The number of nitrogens with zero attached hydrogens (tertiary/aromatic N) is 2. The van der Waals surface area contributed by atoms with Crippen molar-refractivity contribution < 1.29 is 4.74 Å². The van der Waals surface area contributed by atoms with Crippen LogP contribution >= 0.6 is 11.6 Å². The first-order chi connectivity index (χ1) is 9.08. The topological polar surface area (TPSA) is 47.0 Å². The number of halogens is 1. The largest absolute Gasteiger partial charge is 0.439 e. The summed E-state index contributed by atoms with van der Waals surface area (Å²) in [6, 6.07) is 7.31. The van der Waals surface area contributed by atoms with E-state index in [0.717, 1.165) is 22.8 Å². The average molecular weight is 278 g/mol. The standard InChI is InChI=1S/C14H16ClN3O/c1-4-16-14-17-10(3)8-13(18-14)19-11-5-6-12(15)9(2)7-11/h5-8H,4H2,1-3H3,(H,16,17,18). The molecule has 4 nitrogen and oxygen atoms in total. The quantitative estimate of drug-likeness (QED) is 0.918. The van der Waals surface area contributed by atoms with Crippen LogP contribution in [0.1, 0.15) is 18.2 Å². The average Bonchev–Trinajstić information content (AvgIpc) is 2.33. The Labute approximate surface area is 117 Å². The van der Waals surface area contributed by atoms with Crippen molar-refractivity contribution in [1.82, 2.24) is 9.97 Å². The Morgan fingerprint density at radius 3 is 2.68 bits per heavy atom. The number of benzene rings is 1. The normalized spacial score (nSPS) is 10.3. The maximum absolute atomic E-state index is 5.98. The van der Waals surface area contributed by atoms with Crippen LogP contribution in [0.5, 0.6) is 11.6 Å². The van der Waals surface area contributed by atoms with Gasteiger partial charge >= 0.3 is 0 Å². The van der Waals surface area contributed by atoms with Gasteiger partial charge in [-0.2, -0.15) is 4.98 Å². The second kappa shape index (κ2) is 5.89. The summed E-state index contributed by atoms with van der Waals surface area (Å²) in [6.45, 7) is 6.60. The summed E-state index contributed by atoms with van der Waals surface area (Å²) >= 11 is 5.98. The zero-order valence-corrected chi connectivity index (χ0v) is 12.0. The molecule has 0 saturated carbocycles. The van der Waals surface area contributed by atoms with Crippen molar-refractivity contribution in [3.8, 4) is 11.6 Å². The van der Waals surface area contributed by atoms with Crippen LogP contribution in [0, 0.1) is 13.8 Å². The molecule has 19 heavy (non-hydrogen) atoms. The Morgan fingerprint density at radius 2 is 2.00 bits per heavy atom. The van der Waals surface area contributed by atoms with Gasteiger partial charge in [-0.1, -0.05) is 11.6 Å². The molecule has 0 aliphatic rings. The molecular weight excluding hydrogens is 262 g/mol. The molecule has 0 bridgehead atoms. The SMILES string of the molecule is CCNc1nc(C)cc(Oc2ccc(Cl)c(C)c2)n1. The summed E-state index contributed by atoms with van der Waals surface area (Å²) in [5.41, 5.74) is 1.82. The molecule has 100 valence electrons. The molecule has 1 heterocycles. The molecule has 2 aromatic rings. The van der Waals surface area contributed by atoms with E-state index in [0.29, 0.717) is 17.6 Å². The molecule has 0 atom stereocenters. The number of anilines is 1. The van der Waals surface area contributed by atoms with Crippen molar-refractivity contribution in [1.29, 1.82) is 0 Å². The second-order valence-corrected chi connectivity index (χ2v) is 4.62. The maximum Gasteiger partial charge on any atom is 0.226 e. The van der Waals surface area contributed by atoms with E-state index in [2.05, 4.69) is 15.3 Å². The fourth-order valence-corrected chi connectivity index (χ4v) is 1.75. The van der Waals surface area contributed by atoms with Crippen molar-refractivity contribution in [2.75, 3.05) is 11.9 Å². The van der Waals surface area contributed by atoms with E-state index < -0.39 is 0 Å². The Hall–Kier alpha value is -1.81. The fraction of sp³-hybridized carbons (Fsp3) is 0.286. The van der Waals surface area contributed by atoms with Gasteiger partial charge in [0.05, 0.1) is 0 Å². The lowest BCUT2D eigenvalue weighted by Crippen LogP contribution is -2.04. The molecule has 1 N–H and O–H groups in total. The summed E-state index contributed by atoms with van der Waals surface area (Å²) in [4.78, 5) is 8.57. The molecule has 1 aromatic carbocycles. The molecule has 0 spiro atoms. The van der Waals surface area contributed by atoms with Crippen LogP contribution < -0.4 is 10.1 Å². The van der Waals surface area contributed by atoms with Gasteiger partial charge in [0.25, 0.3) is 0 Å². The van der Waals surface area contributed by atoms with Gasteiger partial charge in [-0.15, -0.1) is 0 Å². The maximum atomic E-state index is 5.98. The first-order valence-electron chi connectivity index (χ1n) is 6.12. The molecule has 0 unspecified atom stereocenters. The van der Waals surface area contributed by atoms with Crippen LogP contribution in [0.2, 0.25) is 5.02 Å². The number of ether oxygens (including phenoxy) is 1. The second-order valence-electron chi connectivity index (χ2n) is 4.21. The smallest absolute Gasteiger partial charge is 0.226 e. The van der Waals surface area contributed by atoms with Crippen molar-refractivity contribution in [2.45, 2.75) is 20.8 Å². The zero-order valence-electron chi connectivity index (χ0n) is 11.2. The third kappa shape index (κ3) is 3.58. The summed E-state index contributed by atoms with van der Waals surface area (Å²) < 4.78 is 5.73. The van der Waals surface area contributed by atoms with Gasteiger partial charge < -0.3 is 10.1 Å². The molecule has 0 fully saturated rings. The minimum absolute atomic E-state index is 0.519. The van der Waals surface area contributed by atoms with E-state index >= 15 is 0 Å². The van der Waals surface area contributed by atoms with Gasteiger partial charge in [0.2, 0.25) is 11.8 Å². The summed E-state index contributed by atoms with van der Waals surface area (Å²) in [7, 11) is 0. The van der Waals surface area contributed by atoms with E-state index in [4.69, 9.17) is 16.3 Å². The molecular formula is C14H16ClN3O.